The van der Waals surface area contributed by atoms with Crippen molar-refractivity contribution in [2.45, 2.75) is 12.8 Å². The third-order valence-electron chi connectivity index (χ3n) is 1.76. The Bertz CT molecular complexity index is 421. The highest BCUT2D eigenvalue weighted by Gasteiger charge is 2.05. The maximum absolute atomic E-state index is 12.7. The van der Waals surface area contributed by atoms with E-state index in [1.165, 1.54) is 6.07 Å². The summed E-state index contributed by atoms with van der Waals surface area (Å²) < 4.78 is 25.2. The number of benzene rings is 1. The lowest BCUT2D eigenvalue weighted by Gasteiger charge is -2.05. The van der Waals surface area contributed by atoms with Crippen LogP contribution in [0.5, 0.6) is 0 Å². The molecule has 0 aliphatic rings. The summed E-state index contributed by atoms with van der Waals surface area (Å²) in [6.07, 6.45) is -0.698. The number of rotatable bonds is 4. The molecule has 0 radical (unpaired) electrons. The van der Waals surface area contributed by atoms with E-state index in [-0.39, 0.29) is 12.1 Å². The number of carbonyl (C=O) groups excluding carboxylic acids is 2. The van der Waals surface area contributed by atoms with Gasteiger partial charge in [-0.05, 0) is 18.6 Å². The first-order valence-electron chi connectivity index (χ1n) is 4.44. The molecule has 1 aromatic carbocycles. The van der Waals surface area contributed by atoms with Crippen LogP contribution in [-0.4, -0.2) is 11.9 Å². The minimum Gasteiger partial charge on any atom is -0.550 e. The molecule has 0 aliphatic heterocycles. The van der Waals surface area contributed by atoms with Crippen LogP contribution in [0, 0.1) is 11.6 Å². The lowest BCUT2D eigenvalue weighted by atomic mass is 10.2. The molecule has 0 unspecified atom stereocenters. The van der Waals surface area contributed by atoms with Crippen molar-refractivity contribution >= 4 is 17.6 Å². The summed E-state index contributed by atoms with van der Waals surface area (Å²) in [6, 6.07) is 2.85. The van der Waals surface area contributed by atoms with Crippen LogP contribution in [0.3, 0.4) is 0 Å². The molecule has 16 heavy (non-hydrogen) atoms. The molecular weight excluding hydrogens is 220 g/mol. The summed E-state index contributed by atoms with van der Waals surface area (Å²) in [5, 5.41) is 12.3. The molecule has 0 spiro atoms. The lowest BCUT2D eigenvalue weighted by molar-refractivity contribution is -0.305. The first kappa shape index (κ1) is 12.1. The predicted molar refractivity (Wildman–Crippen MR) is 49.2 cm³/mol. The molecule has 0 atom stereocenters. The van der Waals surface area contributed by atoms with Crippen molar-refractivity contribution < 1.29 is 23.5 Å². The number of halogens is 2. The Kier molecular flexibility index (Phi) is 3.93. The molecular formula is C10H8F2NO3-. The molecule has 0 aromatic heterocycles. The predicted octanol–water partition coefficient (Wildman–Crippen LogP) is 0.433. The fourth-order valence-corrected chi connectivity index (χ4v) is 1.01. The summed E-state index contributed by atoms with van der Waals surface area (Å²) in [5.74, 6) is -4.05. The Morgan fingerprint density at radius 2 is 1.88 bits per heavy atom. The van der Waals surface area contributed by atoms with Gasteiger partial charge in [0.25, 0.3) is 0 Å². The molecule has 1 N–H and O–H groups in total. The molecule has 86 valence electrons. The van der Waals surface area contributed by atoms with Gasteiger partial charge < -0.3 is 15.2 Å². The maximum Gasteiger partial charge on any atom is 0.224 e. The Morgan fingerprint density at radius 3 is 2.44 bits per heavy atom. The van der Waals surface area contributed by atoms with Crippen molar-refractivity contribution in [3.8, 4) is 0 Å². The highest BCUT2D eigenvalue weighted by atomic mass is 19.2. The fourth-order valence-electron chi connectivity index (χ4n) is 1.01. The number of aliphatic carboxylic acids is 1. The molecule has 0 aliphatic carbocycles. The first-order chi connectivity index (χ1) is 7.49. The highest BCUT2D eigenvalue weighted by Crippen LogP contribution is 2.13. The standard InChI is InChI=1S/C10H9F2NO3/c11-7-2-1-6(5-8(7)12)13-9(14)3-4-10(15)16/h1-2,5H,3-4H2,(H,13,14)(H,15,16)/p-1. The van der Waals surface area contributed by atoms with Crippen LogP contribution in [0.4, 0.5) is 14.5 Å². The van der Waals surface area contributed by atoms with Gasteiger partial charge in [0, 0.05) is 24.1 Å². The van der Waals surface area contributed by atoms with Gasteiger partial charge in [0.1, 0.15) is 0 Å². The van der Waals surface area contributed by atoms with Gasteiger partial charge in [-0.2, -0.15) is 0 Å². The third kappa shape index (κ3) is 3.64. The van der Waals surface area contributed by atoms with Gasteiger partial charge >= 0.3 is 0 Å². The van der Waals surface area contributed by atoms with Crippen LogP contribution >= 0.6 is 0 Å². The van der Waals surface area contributed by atoms with Crippen LogP contribution in [0.25, 0.3) is 0 Å². The average molecular weight is 228 g/mol. The second-order valence-electron chi connectivity index (χ2n) is 3.05. The van der Waals surface area contributed by atoms with Crippen LogP contribution in [0.1, 0.15) is 12.8 Å². The zero-order valence-electron chi connectivity index (χ0n) is 8.13. The van der Waals surface area contributed by atoms with E-state index in [1.807, 2.05) is 0 Å². The van der Waals surface area contributed by atoms with Crippen molar-refractivity contribution in [2.24, 2.45) is 0 Å². The summed E-state index contributed by atoms with van der Waals surface area (Å²) in [7, 11) is 0. The number of nitrogens with one attached hydrogen (secondary N) is 1. The smallest absolute Gasteiger partial charge is 0.224 e. The van der Waals surface area contributed by atoms with Crippen LogP contribution < -0.4 is 10.4 Å². The van der Waals surface area contributed by atoms with E-state index in [9.17, 15) is 23.5 Å². The molecule has 1 aromatic rings. The van der Waals surface area contributed by atoms with Crippen molar-refractivity contribution in [1.82, 2.24) is 0 Å². The third-order valence-corrected chi connectivity index (χ3v) is 1.76. The van der Waals surface area contributed by atoms with Gasteiger partial charge in [-0.3, -0.25) is 4.79 Å². The summed E-state index contributed by atoms with van der Waals surface area (Å²) in [5.41, 5.74) is 0.0715. The average Bonchev–Trinajstić information content (AvgIpc) is 2.21. The minimum absolute atomic E-state index is 0.0715. The summed E-state index contributed by atoms with van der Waals surface area (Å²) in [6.45, 7) is 0. The number of hydrogen-bond acceptors (Lipinski definition) is 3. The number of anilines is 1. The van der Waals surface area contributed by atoms with Gasteiger partial charge in [-0.25, -0.2) is 8.78 Å². The topological polar surface area (TPSA) is 69.2 Å². The Hall–Kier alpha value is -1.98. The number of carbonyl (C=O) groups is 2. The zero-order valence-corrected chi connectivity index (χ0v) is 8.13. The van der Waals surface area contributed by atoms with Crippen molar-refractivity contribution in [3.05, 3.63) is 29.8 Å². The van der Waals surface area contributed by atoms with E-state index >= 15 is 0 Å². The van der Waals surface area contributed by atoms with Crippen molar-refractivity contribution in [1.29, 1.82) is 0 Å². The number of carboxylic acids is 1. The second-order valence-corrected chi connectivity index (χ2v) is 3.05. The normalized spacial score (nSPS) is 9.88. The Labute approximate surface area is 89.9 Å². The van der Waals surface area contributed by atoms with Gasteiger partial charge in [0.05, 0.1) is 0 Å². The minimum atomic E-state index is -1.35. The van der Waals surface area contributed by atoms with Gasteiger partial charge in [-0.1, -0.05) is 0 Å². The number of carboxylic acid groups (broad SMARTS) is 1. The second kappa shape index (κ2) is 5.20. The van der Waals surface area contributed by atoms with E-state index in [2.05, 4.69) is 5.32 Å². The van der Waals surface area contributed by atoms with Crippen LogP contribution in [0.2, 0.25) is 0 Å². The maximum atomic E-state index is 12.7. The van der Waals surface area contributed by atoms with E-state index in [1.54, 1.807) is 0 Å². The van der Waals surface area contributed by atoms with E-state index in [0.717, 1.165) is 12.1 Å². The lowest BCUT2D eigenvalue weighted by Crippen LogP contribution is -2.24. The van der Waals surface area contributed by atoms with Crippen LogP contribution in [0.15, 0.2) is 18.2 Å². The van der Waals surface area contributed by atoms with Gasteiger partial charge in [0.15, 0.2) is 11.6 Å². The van der Waals surface area contributed by atoms with E-state index in [0.29, 0.717) is 0 Å². The van der Waals surface area contributed by atoms with Crippen LogP contribution in [-0.2, 0) is 9.59 Å². The molecule has 0 bridgehead atoms. The van der Waals surface area contributed by atoms with E-state index < -0.39 is 29.9 Å². The number of hydrogen-bond donors (Lipinski definition) is 1. The molecule has 1 rings (SSSR count). The fraction of sp³-hybridized carbons (Fsp3) is 0.200. The van der Waals surface area contributed by atoms with E-state index in [4.69, 9.17) is 0 Å². The molecule has 0 fully saturated rings. The number of amides is 1. The highest BCUT2D eigenvalue weighted by molar-refractivity contribution is 5.92. The van der Waals surface area contributed by atoms with Crippen molar-refractivity contribution in [3.63, 3.8) is 0 Å². The summed E-state index contributed by atoms with van der Waals surface area (Å²) in [4.78, 5) is 21.1. The molecule has 0 saturated heterocycles. The molecule has 6 heteroatoms. The van der Waals surface area contributed by atoms with Gasteiger partial charge in [-0.15, -0.1) is 0 Å². The van der Waals surface area contributed by atoms with Gasteiger partial charge in [0.2, 0.25) is 5.91 Å². The molecule has 0 saturated carbocycles. The first-order valence-corrected chi connectivity index (χ1v) is 4.44. The SMILES string of the molecule is O=C([O-])CCC(=O)Nc1ccc(F)c(F)c1. The van der Waals surface area contributed by atoms with Crippen molar-refractivity contribution in [2.75, 3.05) is 5.32 Å². The monoisotopic (exact) mass is 228 g/mol. The molecule has 1 amide bonds. The largest absolute Gasteiger partial charge is 0.550 e. The molecule has 0 heterocycles. The zero-order chi connectivity index (χ0) is 12.1. The summed E-state index contributed by atoms with van der Waals surface area (Å²) >= 11 is 0. The Morgan fingerprint density at radius 1 is 1.19 bits per heavy atom. The quantitative estimate of drug-likeness (QED) is 0.812. The Balaban J connectivity index is 2.56. The molecule has 4 nitrogen and oxygen atoms in total.